The topological polar surface area (TPSA) is 76.2 Å². The Morgan fingerprint density at radius 1 is 1.18 bits per heavy atom. The van der Waals surface area contributed by atoms with Crippen molar-refractivity contribution in [1.82, 2.24) is 9.80 Å². The maximum atomic E-state index is 14.2. The van der Waals surface area contributed by atoms with E-state index in [1.54, 1.807) is 23.1 Å². The number of amides is 2. The summed E-state index contributed by atoms with van der Waals surface area (Å²) in [6.45, 7) is 3.40. The van der Waals surface area contributed by atoms with Gasteiger partial charge in [0, 0.05) is 52.7 Å². The highest BCUT2D eigenvalue weighted by Crippen LogP contribution is 2.52. The second-order valence-electron chi connectivity index (χ2n) is 11.1. The molecule has 1 aromatic carbocycles. The molecule has 1 saturated carbocycles. The van der Waals surface area contributed by atoms with Crippen molar-refractivity contribution in [2.45, 2.75) is 64.2 Å². The summed E-state index contributed by atoms with van der Waals surface area (Å²) in [5.41, 5.74) is 0.115. The summed E-state index contributed by atoms with van der Waals surface area (Å²) < 4.78 is 11.9. The molecule has 5 rings (SSSR count). The number of likely N-dealkylation sites (tertiary alicyclic amines) is 1. The highest BCUT2D eigenvalue weighted by atomic mass is 35.5. The summed E-state index contributed by atoms with van der Waals surface area (Å²) in [6.07, 6.45) is 5.85. The lowest BCUT2D eigenvalue weighted by Gasteiger charge is -2.52. The van der Waals surface area contributed by atoms with Gasteiger partial charge in [-0.15, -0.1) is 0 Å². The molecule has 4 aliphatic rings. The van der Waals surface area contributed by atoms with Gasteiger partial charge in [-0.2, -0.15) is 11.8 Å². The fourth-order valence-electron chi connectivity index (χ4n) is 6.68. The van der Waals surface area contributed by atoms with Crippen molar-refractivity contribution < 1.29 is 23.9 Å². The van der Waals surface area contributed by atoms with Crippen LogP contribution in [0.3, 0.4) is 0 Å². The van der Waals surface area contributed by atoms with E-state index in [9.17, 15) is 14.4 Å². The molecule has 2 saturated heterocycles. The second kappa shape index (κ2) is 12.0. The molecule has 3 heterocycles. The molecule has 1 aromatic rings. The number of halogens is 2. The lowest BCUT2D eigenvalue weighted by molar-refractivity contribution is -0.178. The van der Waals surface area contributed by atoms with Crippen molar-refractivity contribution in [1.29, 1.82) is 0 Å². The molecule has 0 spiro atoms. The lowest BCUT2D eigenvalue weighted by atomic mass is 9.66. The Morgan fingerprint density at radius 2 is 1.90 bits per heavy atom. The Morgan fingerprint density at radius 3 is 2.56 bits per heavy atom. The van der Waals surface area contributed by atoms with Crippen LogP contribution in [0.15, 0.2) is 30.0 Å². The van der Waals surface area contributed by atoms with Gasteiger partial charge in [-0.3, -0.25) is 14.4 Å². The number of ether oxygens (including phenoxy) is 2. The molecule has 0 radical (unpaired) electrons. The third-order valence-electron chi connectivity index (χ3n) is 8.85. The van der Waals surface area contributed by atoms with Crippen molar-refractivity contribution in [3.8, 4) is 0 Å². The van der Waals surface area contributed by atoms with E-state index >= 15 is 0 Å². The first-order valence-corrected chi connectivity index (χ1v) is 15.7. The van der Waals surface area contributed by atoms with Crippen LogP contribution in [0, 0.1) is 17.3 Å². The Labute approximate surface area is 244 Å². The van der Waals surface area contributed by atoms with E-state index in [1.807, 2.05) is 29.7 Å². The quantitative estimate of drug-likeness (QED) is 0.414. The van der Waals surface area contributed by atoms with E-state index in [1.165, 1.54) is 7.11 Å². The molecule has 4 atom stereocenters. The molecular formula is C29H36Cl2N2O5S. The van der Waals surface area contributed by atoms with Crippen LogP contribution in [0.25, 0.3) is 0 Å². The number of hydrogen-bond acceptors (Lipinski definition) is 6. The SMILES string of the molecule is COC(=O)[C@]12C[C@H](CC(=O)N3CCSCC3)C(=O)N(Cc3ccc(Cl)cc3Cl)C1=C[C@H](C1CCCC1)O[C@@H]2C. The summed E-state index contributed by atoms with van der Waals surface area (Å²) >= 11 is 14.5. The van der Waals surface area contributed by atoms with Crippen LogP contribution < -0.4 is 0 Å². The molecule has 10 heteroatoms. The number of hydrogen-bond donors (Lipinski definition) is 0. The van der Waals surface area contributed by atoms with Crippen LogP contribution in [0.5, 0.6) is 0 Å². The van der Waals surface area contributed by atoms with Crippen LogP contribution in [0.2, 0.25) is 10.0 Å². The fraction of sp³-hybridized carbons (Fsp3) is 0.621. The van der Waals surface area contributed by atoms with Gasteiger partial charge in [0.1, 0.15) is 5.41 Å². The number of esters is 1. The summed E-state index contributed by atoms with van der Waals surface area (Å²) in [5.74, 6) is 0.740. The molecular weight excluding hydrogens is 559 g/mol. The highest BCUT2D eigenvalue weighted by Gasteiger charge is 2.60. The van der Waals surface area contributed by atoms with Crippen molar-refractivity contribution >= 4 is 52.7 Å². The number of carbonyl (C=O) groups excluding carboxylic acids is 3. The number of thioether (sulfide) groups is 1. The zero-order valence-corrected chi connectivity index (χ0v) is 24.8. The van der Waals surface area contributed by atoms with Gasteiger partial charge in [-0.05, 0) is 55.9 Å². The average molecular weight is 596 g/mol. The van der Waals surface area contributed by atoms with E-state index in [0.717, 1.165) is 37.2 Å². The maximum Gasteiger partial charge on any atom is 0.320 e. The van der Waals surface area contributed by atoms with Crippen molar-refractivity contribution in [2.24, 2.45) is 17.3 Å². The minimum atomic E-state index is -1.21. The van der Waals surface area contributed by atoms with Gasteiger partial charge in [0.2, 0.25) is 11.8 Å². The zero-order chi connectivity index (χ0) is 27.7. The minimum absolute atomic E-state index is 0.0408. The molecule has 0 N–H and O–H groups in total. The first kappa shape index (κ1) is 28.8. The van der Waals surface area contributed by atoms with Crippen LogP contribution in [-0.4, -0.2) is 71.5 Å². The van der Waals surface area contributed by atoms with Gasteiger partial charge >= 0.3 is 5.97 Å². The van der Waals surface area contributed by atoms with E-state index in [4.69, 9.17) is 32.7 Å². The second-order valence-corrected chi connectivity index (χ2v) is 13.1. The summed E-state index contributed by atoms with van der Waals surface area (Å²) in [7, 11) is 1.37. The number of piperidine rings is 1. The average Bonchev–Trinajstić information content (AvgIpc) is 3.47. The van der Waals surface area contributed by atoms with Gasteiger partial charge in [-0.1, -0.05) is 42.1 Å². The van der Waals surface area contributed by atoms with E-state index in [2.05, 4.69) is 0 Å². The van der Waals surface area contributed by atoms with Crippen LogP contribution in [-0.2, 0) is 30.4 Å². The number of rotatable bonds is 6. The van der Waals surface area contributed by atoms with E-state index in [0.29, 0.717) is 40.3 Å². The molecule has 1 aliphatic carbocycles. The number of benzene rings is 1. The molecule has 3 fully saturated rings. The Balaban J connectivity index is 1.56. The summed E-state index contributed by atoms with van der Waals surface area (Å²) in [4.78, 5) is 44.7. The number of carbonyl (C=O) groups is 3. The minimum Gasteiger partial charge on any atom is -0.468 e. The maximum absolute atomic E-state index is 14.2. The molecule has 0 aromatic heterocycles. The molecule has 0 unspecified atom stereocenters. The van der Waals surface area contributed by atoms with Crippen molar-refractivity contribution in [3.63, 3.8) is 0 Å². The molecule has 212 valence electrons. The largest absolute Gasteiger partial charge is 0.468 e. The molecule has 3 aliphatic heterocycles. The van der Waals surface area contributed by atoms with Gasteiger partial charge in [0.25, 0.3) is 0 Å². The Bertz CT molecular complexity index is 1150. The third-order valence-corrected chi connectivity index (χ3v) is 10.4. The molecule has 2 amide bonds. The predicted molar refractivity (Wildman–Crippen MR) is 152 cm³/mol. The summed E-state index contributed by atoms with van der Waals surface area (Å²) in [5, 5.41) is 0.942. The normalized spacial score (nSPS) is 29.7. The number of methoxy groups -OCH3 is 1. The number of nitrogens with zero attached hydrogens (tertiary/aromatic N) is 2. The highest BCUT2D eigenvalue weighted by molar-refractivity contribution is 7.99. The molecule has 39 heavy (non-hydrogen) atoms. The smallest absolute Gasteiger partial charge is 0.320 e. The lowest BCUT2D eigenvalue weighted by Crippen LogP contribution is -2.60. The Kier molecular flexibility index (Phi) is 8.86. The zero-order valence-electron chi connectivity index (χ0n) is 22.5. The van der Waals surface area contributed by atoms with Crippen LogP contribution >= 0.6 is 35.0 Å². The summed E-state index contributed by atoms with van der Waals surface area (Å²) in [6, 6.07) is 5.19. The van der Waals surface area contributed by atoms with Crippen LogP contribution in [0.1, 0.15) is 51.0 Å². The van der Waals surface area contributed by atoms with Gasteiger partial charge < -0.3 is 19.3 Å². The van der Waals surface area contributed by atoms with Crippen molar-refractivity contribution in [3.05, 3.63) is 45.6 Å². The number of fused-ring (bicyclic) bond motifs is 1. The molecule has 7 nitrogen and oxygen atoms in total. The van der Waals surface area contributed by atoms with E-state index < -0.39 is 23.4 Å². The van der Waals surface area contributed by atoms with Gasteiger partial charge in [0.15, 0.2) is 0 Å². The molecule has 0 bridgehead atoms. The fourth-order valence-corrected chi connectivity index (χ4v) is 8.06. The Hall–Kier alpha value is -1.74. The van der Waals surface area contributed by atoms with Gasteiger partial charge in [0.05, 0.1) is 25.9 Å². The van der Waals surface area contributed by atoms with Gasteiger partial charge in [-0.25, -0.2) is 0 Å². The first-order chi connectivity index (χ1) is 18.7. The monoisotopic (exact) mass is 594 g/mol. The predicted octanol–water partition coefficient (Wildman–Crippen LogP) is 5.33. The van der Waals surface area contributed by atoms with E-state index in [-0.39, 0.29) is 37.3 Å². The third kappa shape index (κ3) is 5.59. The first-order valence-electron chi connectivity index (χ1n) is 13.8. The van der Waals surface area contributed by atoms with Crippen molar-refractivity contribution in [2.75, 3.05) is 31.7 Å². The standard InChI is InChI=1S/C29H36Cl2N2O5S/c1-18-29(28(36)37-2)16-21(13-26(34)32-9-11-39-12-10-32)27(35)33(17-20-7-8-22(30)14-23(20)31)25(29)15-24(38-18)19-5-3-4-6-19/h7-8,14-15,18-19,21,24H,3-6,9-13,16-17H2,1-2H3/t18-,21+,24-,29+/m1/s1. The van der Waals surface area contributed by atoms with Crippen LogP contribution in [0.4, 0.5) is 0 Å².